The highest BCUT2D eigenvalue weighted by molar-refractivity contribution is 5.98. The lowest BCUT2D eigenvalue weighted by atomic mass is 10.0. The molecular formula is C18H17FO3. The van der Waals surface area contributed by atoms with E-state index in [1.165, 1.54) is 12.1 Å². The average Bonchev–Trinajstić information content (AvgIpc) is 2.50. The van der Waals surface area contributed by atoms with Crippen molar-refractivity contribution in [2.75, 3.05) is 6.61 Å². The smallest absolute Gasteiger partial charge is 0.310 e. The van der Waals surface area contributed by atoms with E-state index in [9.17, 15) is 14.0 Å². The summed E-state index contributed by atoms with van der Waals surface area (Å²) in [7, 11) is 0. The van der Waals surface area contributed by atoms with E-state index in [-0.39, 0.29) is 24.4 Å². The molecule has 2 aromatic carbocycles. The highest BCUT2D eigenvalue weighted by Crippen LogP contribution is 2.11. The van der Waals surface area contributed by atoms with Gasteiger partial charge in [-0.3, -0.25) is 9.59 Å². The minimum atomic E-state index is -0.623. The van der Waals surface area contributed by atoms with Crippen LogP contribution in [0.25, 0.3) is 0 Å². The molecule has 22 heavy (non-hydrogen) atoms. The Hall–Kier alpha value is -2.49. The van der Waals surface area contributed by atoms with Gasteiger partial charge in [-0.15, -0.1) is 0 Å². The minimum absolute atomic E-state index is 0.188. The van der Waals surface area contributed by atoms with Crippen molar-refractivity contribution in [3.05, 3.63) is 70.5 Å². The summed E-state index contributed by atoms with van der Waals surface area (Å²) in [4.78, 5) is 23.7. The van der Waals surface area contributed by atoms with Crippen molar-refractivity contribution in [2.24, 2.45) is 0 Å². The van der Waals surface area contributed by atoms with Crippen LogP contribution in [0.3, 0.4) is 0 Å². The zero-order valence-electron chi connectivity index (χ0n) is 12.6. The SMILES string of the molecule is Cc1ccc(C(=O)COC(=O)Cc2ccccc2F)cc1C. The summed E-state index contributed by atoms with van der Waals surface area (Å²) in [5.41, 5.74) is 2.85. The lowest BCUT2D eigenvalue weighted by molar-refractivity contribution is -0.141. The van der Waals surface area contributed by atoms with Crippen molar-refractivity contribution in [1.82, 2.24) is 0 Å². The van der Waals surface area contributed by atoms with Crippen molar-refractivity contribution < 1.29 is 18.7 Å². The molecule has 0 unspecified atom stereocenters. The quantitative estimate of drug-likeness (QED) is 0.628. The summed E-state index contributed by atoms with van der Waals surface area (Å²) in [5.74, 6) is -1.35. The van der Waals surface area contributed by atoms with Gasteiger partial charge in [-0.1, -0.05) is 30.3 Å². The Labute approximate surface area is 128 Å². The molecule has 114 valence electrons. The zero-order valence-corrected chi connectivity index (χ0v) is 12.6. The molecule has 0 N–H and O–H groups in total. The fourth-order valence-corrected chi connectivity index (χ4v) is 1.99. The Kier molecular flexibility index (Phi) is 5.04. The predicted octanol–water partition coefficient (Wildman–Crippen LogP) is 3.41. The number of hydrogen-bond acceptors (Lipinski definition) is 3. The number of rotatable bonds is 5. The van der Waals surface area contributed by atoms with Gasteiger partial charge in [0.15, 0.2) is 12.4 Å². The third kappa shape index (κ3) is 4.01. The Balaban J connectivity index is 1.92. The number of halogens is 1. The van der Waals surface area contributed by atoms with E-state index in [0.29, 0.717) is 5.56 Å². The number of benzene rings is 2. The molecule has 0 saturated heterocycles. The summed E-state index contributed by atoms with van der Waals surface area (Å²) >= 11 is 0. The predicted molar refractivity (Wildman–Crippen MR) is 81.3 cm³/mol. The molecule has 0 atom stereocenters. The number of aryl methyl sites for hydroxylation is 2. The lowest BCUT2D eigenvalue weighted by Gasteiger charge is -2.07. The Morgan fingerprint density at radius 3 is 2.45 bits per heavy atom. The molecule has 0 bridgehead atoms. The number of carbonyl (C=O) groups is 2. The molecule has 0 aliphatic rings. The largest absolute Gasteiger partial charge is 0.457 e. The maximum atomic E-state index is 13.4. The summed E-state index contributed by atoms with van der Waals surface area (Å²) in [6.45, 7) is 3.53. The second kappa shape index (κ2) is 6.98. The normalized spacial score (nSPS) is 10.3. The highest BCUT2D eigenvalue weighted by atomic mass is 19.1. The van der Waals surface area contributed by atoms with Crippen molar-refractivity contribution in [3.63, 3.8) is 0 Å². The van der Waals surface area contributed by atoms with Gasteiger partial charge >= 0.3 is 5.97 Å². The van der Waals surface area contributed by atoms with Crippen molar-refractivity contribution in [1.29, 1.82) is 0 Å². The molecule has 0 aliphatic carbocycles. The lowest BCUT2D eigenvalue weighted by Crippen LogP contribution is -2.16. The molecule has 0 spiro atoms. The monoisotopic (exact) mass is 300 g/mol. The zero-order chi connectivity index (χ0) is 16.1. The van der Waals surface area contributed by atoms with Gasteiger partial charge in [0.2, 0.25) is 0 Å². The fourth-order valence-electron chi connectivity index (χ4n) is 1.99. The molecule has 0 fully saturated rings. The van der Waals surface area contributed by atoms with Crippen LogP contribution in [-0.2, 0) is 16.0 Å². The van der Waals surface area contributed by atoms with Crippen LogP contribution in [-0.4, -0.2) is 18.4 Å². The van der Waals surface area contributed by atoms with Crippen LogP contribution in [0.15, 0.2) is 42.5 Å². The van der Waals surface area contributed by atoms with E-state index in [2.05, 4.69) is 0 Å². The second-order valence-corrected chi connectivity index (χ2v) is 5.15. The molecule has 0 radical (unpaired) electrons. The average molecular weight is 300 g/mol. The summed E-state index contributed by atoms with van der Waals surface area (Å²) < 4.78 is 18.4. The molecule has 0 amide bonds. The third-order valence-electron chi connectivity index (χ3n) is 3.49. The number of ether oxygens (including phenoxy) is 1. The standard InChI is InChI=1S/C18H17FO3/c1-12-7-8-15(9-13(12)2)17(20)11-22-18(21)10-14-5-3-4-6-16(14)19/h3-9H,10-11H2,1-2H3. The van der Waals surface area contributed by atoms with E-state index in [1.807, 2.05) is 19.9 Å². The first-order chi connectivity index (χ1) is 10.5. The van der Waals surface area contributed by atoms with Gasteiger partial charge in [-0.05, 0) is 42.7 Å². The van der Waals surface area contributed by atoms with Gasteiger partial charge in [-0.2, -0.15) is 0 Å². The Bertz CT molecular complexity index is 707. The van der Waals surface area contributed by atoms with Crippen LogP contribution in [0.5, 0.6) is 0 Å². The minimum Gasteiger partial charge on any atom is -0.457 e. The number of hydrogen-bond donors (Lipinski definition) is 0. The van der Waals surface area contributed by atoms with Gasteiger partial charge in [0.05, 0.1) is 6.42 Å². The first kappa shape index (κ1) is 15.9. The van der Waals surface area contributed by atoms with Gasteiger partial charge in [0.1, 0.15) is 5.82 Å². The molecule has 2 aromatic rings. The Morgan fingerprint density at radius 2 is 1.77 bits per heavy atom. The summed E-state index contributed by atoms with van der Waals surface area (Å²) in [5, 5.41) is 0. The number of ketones is 1. The van der Waals surface area contributed by atoms with Crippen LogP contribution in [0.2, 0.25) is 0 Å². The highest BCUT2D eigenvalue weighted by Gasteiger charge is 2.12. The molecule has 2 rings (SSSR count). The van der Waals surface area contributed by atoms with Crippen molar-refractivity contribution in [2.45, 2.75) is 20.3 Å². The van der Waals surface area contributed by atoms with Crippen molar-refractivity contribution >= 4 is 11.8 Å². The second-order valence-electron chi connectivity index (χ2n) is 5.15. The molecule has 0 heterocycles. The molecular weight excluding hydrogens is 283 g/mol. The fraction of sp³-hybridized carbons (Fsp3) is 0.222. The Morgan fingerprint density at radius 1 is 1.05 bits per heavy atom. The molecule has 3 nitrogen and oxygen atoms in total. The van der Waals surface area contributed by atoms with E-state index < -0.39 is 11.8 Å². The summed E-state index contributed by atoms with van der Waals surface area (Å²) in [6, 6.07) is 11.3. The van der Waals surface area contributed by atoms with Crippen LogP contribution in [0.4, 0.5) is 4.39 Å². The maximum absolute atomic E-state index is 13.4. The van der Waals surface area contributed by atoms with E-state index in [1.54, 1.807) is 24.3 Å². The van der Waals surface area contributed by atoms with Gasteiger partial charge in [0, 0.05) is 5.56 Å². The van der Waals surface area contributed by atoms with Gasteiger partial charge in [0.25, 0.3) is 0 Å². The first-order valence-electron chi connectivity index (χ1n) is 6.97. The van der Waals surface area contributed by atoms with Crippen LogP contribution in [0.1, 0.15) is 27.0 Å². The van der Waals surface area contributed by atoms with Crippen LogP contribution < -0.4 is 0 Å². The van der Waals surface area contributed by atoms with Crippen LogP contribution >= 0.6 is 0 Å². The molecule has 4 heteroatoms. The third-order valence-corrected chi connectivity index (χ3v) is 3.49. The van der Waals surface area contributed by atoms with E-state index in [4.69, 9.17) is 4.74 Å². The van der Waals surface area contributed by atoms with Crippen molar-refractivity contribution in [3.8, 4) is 0 Å². The number of carbonyl (C=O) groups excluding carboxylic acids is 2. The molecule has 0 aromatic heterocycles. The van der Waals surface area contributed by atoms with E-state index in [0.717, 1.165) is 11.1 Å². The van der Waals surface area contributed by atoms with Crippen LogP contribution in [0, 0.1) is 19.7 Å². The molecule has 0 aliphatic heterocycles. The van der Waals surface area contributed by atoms with Gasteiger partial charge < -0.3 is 4.74 Å². The number of esters is 1. The maximum Gasteiger partial charge on any atom is 0.310 e. The van der Waals surface area contributed by atoms with Gasteiger partial charge in [-0.25, -0.2) is 4.39 Å². The summed E-state index contributed by atoms with van der Waals surface area (Å²) in [6.07, 6.45) is -0.188. The number of Topliss-reactive ketones (excluding diaryl/α,β-unsaturated/α-hetero) is 1. The topological polar surface area (TPSA) is 43.4 Å². The molecule has 0 saturated carbocycles. The first-order valence-corrected chi connectivity index (χ1v) is 6.97. The van der Waals surface area contributed by atoms with E-state index >= 15 is 0 Å².